The predicted octanol–water partition coefficient (Wildman–Crippen LogP) is 4.15. The maximum Gasteiger partial charge on any atom is 0.269 e. The first-order chi connectivity index (χ1) is 15.2. The second kappa shape index (κ2) is 10.6. The van der Waals surface area contributed by atoms with Gasteiger partial charge in [0.2, 0.25) is 10.0 Å². The molecule has 1 heterocycles. The van der Waals surface area contributed by atoms with Crippen molar-refractivity contribution in [2.24, 2.45) is 0 Å². The van der Waals surface area contributed by atoms with Gasteiger partial charge in [0.25, 0.3) is 5.91 Å². The molecule has 2 aromatic rings. The average Bonchev–Trinajstić information content (AvgIpc) is 3.06. The van der Waals surface area contributed by atoms with Crippen molar-refractivity contribution in [3.05, 3.63) is 58.1 Å². The number of nitrogens with one attached hydrogen (secondary N) is 3. The smallest absolute Gasteiger partial charge is 0.269 e. The Bertz CT molecular complexity index is 1110. The van der Waals surface area contributed by atoms with Crippen LogP contribution in [0.3, 0.4) is 0 Å². The van der Waals surface area contributed by atoms with E-state index >= 15 is 0 Å². The SMILES string of the molecule is Cc1cccc(NC(=S)NNC(=O)c2ccc(Cl)c(S(=O)(=O)N3CCCCCC3)c2)c1C. The van der Waals surface area contributed by atoms with E-state index < -0.39 is 15.9 Å². The number of nitrogens with zero attached hydrogens (tertiary/aromatic N) is 1. The zero-order valence-electron chi connectivity index (χ0n) is 18.1. The third-order valence-electron chi connectivity index (χ3n) is 5.52. The summed E-state index contributed by atoms with van der Waals surface area (Å²) in [4.78, 5) is 12.6. The van der Waals surface area contributed by atoms with Gasteiger partial charge in [-0.2, -0.15) is 4.31 Å². The van der Waals surface area contributed by atoms with Gasteiger partial charge in [0.15, 0.2) is 5.11 Å². The minimum atomic E-state index is -3.79. The third-order valence-corrected chi connectivity index (χ3v) is 8.10. The lowest BCUT2D eigenvalue weighted by Crippen LogP contribution is -2.44. The van der Waals surface area contributed by atoms with E-state index in [1.807, 2.05) is 32.0 Å². The van der Waals surface area contributed by atoms with Crippen LogP contribution in [-0.2, 0) is 10.0 Å². The number of aryl methyl sites for hydroxylation is 1. The average molecular weight is 495 g/mol. The van der Waals surface area contributed by atoms with Crippen LogP contribution in [0.25, 0.3) is 0 Å². The standard InChI is InChI=1S/C22H27ClN4O3S2/c1-15-8-7-9-19(16(15)2)24-22(31)26-25-21(28)17-10-11-18(23)20(14-17)32(29,30)27-12-5-3-4-6-13-27/h7-11,14H,3-6,12-13H2,1-2H3,(H,25,28)(H2,24,26,31). The molecule has 1 fully saturated rings. The van der Waals surface area contributed by atoms with Crippen LogP contribution in [0, 0.1) is 13.8 Å². The molecule has 1 amide bonds. The highest BCUT2D eigenvalue weighted by molar-refractivity contribution is 7.89. The van der Waals surface area contributed by atoms with Gasteiger partial charge in [0.05, 0.1) is 5.02 Å². The molecule has 0 unspecified atom stereocenters. The fraction of sp³-hybridized carbons (Fsp3) is 0.364. The summed E-state index contributed by atoms with van der Waals surface area (Å²) in [5, 5.41) is 3.33. The molecular weight excluding hydrogens is 468 g/mol. The van der Waals surface area contributed by atoms with Gasteiger partial charge in [-0.3, -0.25) is 15.6 Å². The van der Waals surface area contributed by atoms with Gasteiger partial charge in [-0.05, 0) is 74.3 Å². The highest BCUT2D eigenvalue weighted by Gasteiger charge is 2.28. The van der Waals surface area contributed by atoms with E-state index in [0.29, 0.717) is 13.1 Å². The van der Waals surface area contributed by atoms with Gasteiger partial charge in [-0.25, -0.2) is 8.42 Å². The van der Waals surface area contributed by atoms with E-state index in [1.54, 1.807) is 0 Å². The van der Waals surface area contributed by atoms with E-state index in [0.717, 1.165) is 42.5 Å². The molecule has 0 spiro atoms. The molecule has 0 atom stereocenters. The lowest BCUT2D eigenvalue weighted by Gasteiger charge is -2.21. The Morgan fingerprint density at radius 3 is 2.41 bits per heavy atom. The van der Waals surface area contributed by atoms with Crippen LogP contribution in [0.1, 0.15) is 47.2 Å². The number of sulfonamides is 1. The molecule has 0 radical (unpaired) electrons. The Labute approximate surface area is 199 Å². The summed E-state index contributed by atoms with van der Waals surface area (Å²) in [5.74, 6) is -0.529. The number of anilines is 1. The number of rotatable bonds is 4. The van der Waals surface area contributed by atoms with Crippen molar-refractivity contribution in [1.29, 1.82) is 0 Å². The summed E-state index contributed by atoms with van der Waals surface area (Å²) in [6, 6.07) is 10.00. The summed E-state index contributed by atoms with van der Waals surface area (Å²) in [5.41, 5.74) is 8.29. The van der Waals surface area contributed by atoms with Crippen molar-refractivity contribution < 1.29 is 13.2 Å². The quantitative estimate of drug-likeness (QED) is 0.437. The van der Waals surface area contributed by atoms with Crippen LogP contribution >= 0.6 is 23.8 Å². The molecule has 10 heteroatoms. The molecule has 3 N–H and O–H groups in total. The fourth-order valence-electron chi connectivity index (χ4n) is 3.49. The first-order valence-corrected chi connectivity index (χ1v) is 12.7. The van der Waals surface area contributed by atoms with Crippen molar-refractivity contribution in [2.45, 2.75) is 44.4 Å². The van der Waals surface area contributed by atoms with Crippen LogP contribution in [0.15, 0.2) is 41.3 Å². The van der Waals surface area contributed by atoms with Crippen molar-refractivity contribution >= 4 is 50.5 Å². The van der Waals surface area contributed by atoms with E-state index in [4.69, 9.17) is 23.8 Å². The molecule has 0 bridgehead atoms. The van der Waals surface area contributed by atoms with Crippen LogP contribution in [0.5, 0.6) is 0 Å². The summed E-state index contributed by atoms with van der Waals surface area (Å²) >= 11 is 11.5. The van der Waals surface area contributed by atoms with Gasteiger partial charge in [0.1, 0.15) is 4.90 Å². The molecule has 7 nitrogen and oxygen atoms in total. The van der Waals surface area contributed by atoms with Crippen LogP contribution in [0.4, 0.5) is 5.69 Å². The summed E-state index contributed by atoms with van der Waals surface area (Å²) in [7, 11) is -3.79. The van der Waals surface area contributed by atoms with Crippen LogP contribution < -0.4 is 16.2 Å². The first-order valence-electron chi connectivity index (χ1n) is 10.4. The molecule has 0 aromatic heterocycles. The highest BCUT2D eigenvalue weighted by Crippen LogP contribution is 2.27. The van der Waals surface area contributed by atoms with Crippen molar-refractivity contribution in [3.8, 4) is 0 Å². The Hall–Kier alpha value is -2.20. The third kappa shape index (κ3) is 5.78. The number of thiocarbonyl (C=S) groups is 1. The molecule has 1 aliphatic heterocycles. The predicted molar refractivity (Wildman–Crippen MR) is 131 cm³/mol. The number of amides is 1. The molecule has 1 aliphatic rings. The number of carbonyl (C=O) groups excluding carboxylic acids is 1. The molecule has 0 saturated carbocycles. The minimum absolute atomic E-state index is 0.0650. The molecule has 32 heavy (non-hydrogen) atoms. The largest absolute Gasteiger partial charge is 0.331 e. The summed E-state index contributed by atoms with van der Waals surface area (Å²) in [6.45, 7) is 4.87. The number of halogens is 1. The van der Waals surface area contributed by atoms with E-state index in [-0.39, 0.29) is 20.6 Å². The number of hydrogen-bond donors (Lipinski definition) is 3. The second-order valence-electron chi connectivity index (χ2n) is 7.74. The van der Waals surface area contributed by atoms with Crippen molar-refractivity contribution in [1.82, 2.24) is 15.2 Å². The molecule has 172 valence electrons. The molecular formula is C22H27ClN4O3S2. The number of carbonyl (C=O) groups is 1. The van der Waals surface area contributed by atoms with Crippen molar-refractivity contribution in [2.75, 3.05) is 18.4 Å². The monoisotopic (exact) mass is 494 g/mol. The Morgan fingerprint density at radius 1 is 1.03 bits per heavy atom. The Kier molecular flexibility index (Phi) is 8.10. The zero-order chi connectivity index (χ0) is 23.3. The van der Waals surface area contributed by atoms with E-state index in [2.05, 4.69) is 16.2 Å². The fourth-order valence-corrected chi connectivity index (χ4v) is 5.67. The number of benzene rings is 2. The minimum Gasteiger partial charge on any atom is -0.331 e. The van der Waals surface area contributed by atoms with Crippen molar-refractivity contribution in [3.63, 3.8) is 0 Å². The van der Waals surface area contributed by atoms with E-state index in [9.17, 15) is 13.2 Å². The van der Waals surface area contributed by atoms with E-state index in [1.165, 1.54) is 22.5 Å². The molecule has 2 aromatic carbocycles. The molecule has 1 saturated heterocycles. The normalized spacial score (nSPS) is 15.0. The lowest BCUT2D eigenvalue weighted by molar-refractivity contribution is 0.0944. The molecule has 3 rings (SSSR count). The maximum atomic E-state index is 13.1. The lowest BCUT2D eigenvalue weighted by atomic mass is 10.1. The topological polar surface area (TPSA) is 90.5 Å². The van der Waals surface area contributed by atoms with Gasteiger partial charge in [-0.1, -0.05) is 36.6 Å². The van der Waals surface area contributed by atoms with Gasteiger partial charge in [-0.15, -0.1) is 0 Å². The molecule has 0 aliphatic carbocycles. The van der Waals surface area contributed by atoms with Crippen LogP contribution in [-0.4, -0.2) is 36.8 Å². The second-order valence-corrected chi connectivity index (χ2v) is 10.5. The summed E-state index contributed by atoms with van der Waals surface area (Å²) in [6.07, 6.45) is 3.63. The van der Waals surface area contributed by atoms with Gasteiger partial charge in [0, 0.05) is 24.3 Å². The van der Waals surface area contributed by atoms with Gasteiger partial charge >= 0.3 is 0 Å². The van der Waals surface area contributed by atoms with Gasteiger partial charge < -0.3 is 5.32 Å². The maximum absolute atomic E-state index is 13.1. The number of hydrazine groups is 1. The number of hydrogen-bond acceptors (Lipinski definition) is 4. The summed E-state index contributed by atoms with van der Waals surface area (Å²) < 4.78 is 27.7. The Morgan fingerprint density at radius 2 is 1.72 bits per heavy atom. The zero-order valence-corrected chi connectivity index (χ0v) is 20.5. The van der Waals surface area contributed by atoms with Crippen LogP contribution in [0.2, 0.25) is 5.02 Å². The highest BCUT2D eigenvalue weighted by atomic mass is 35.5. The Balaban J connectivity index is 1.69. The first kappa shape index (κ1) is 24.4.